The monoisotopic (exact) mass is 755 g/mol. The maximum absolute atomic E-state index is 11.2. The number of halogens is 3. The third-order valence-electron chi connectivity index (χ3n) is 9.55. The van der Waals surface area contributed by atoms with Crippen molar-refractivity contribution >= 4 is 79.8 Å². The van der Waals surface area contributed by atoms with Crippen LogP contribution in [-0.4, -0.2) is 48.3 Å². The number of allylic oxidation sites excluding steroid dienone is 1. The normalized spacial score (nSPS) is 14.8. The van der Waals surface area contributed by atoms with Gasteiger partial charge < -0.3 is 30.8 Å². The van der Waals surface area contributed by atoms with Gasteiger partial charge in [0.1, 0.15) is 12.1 Å². The lowest BCUT2D eigenvalue weighted by atomic mass is 9.99. The molecule has 3 aromatic carbocycles. The minimum atomic E-state index is -1.16. The highest BCUT2D eigenvalue weighted by Gasteiger charge is 2.30. The smallest absolute Gasteiger partial charge is 0.320 e. The summed E-state index contributed by atoms with van der Waals surface area (Å²) < 4.78 is 3.83. The SMILES string of the molecule is CC1=C(CC(N)C(=O)O)c2cccc(Cl)c2C1C.Cc1c(CC(N)C(=O)O)c2c([N+](=O)[O-])ccc(Cl)c2n1C.Cc1cc2cccc(Cl)c2n1C. The molecule has 0 aliphatic heterocycles. The summed E-state index contributed by atoms with van der Waals surface area (Å²) in [6.07, 6.45) is 0.346. The molecule has 1 aliphatic carbocycles. The van der Waals surface area contributed by atoms with E-state index < -0.39 is 28.9 Å². The Kier molecular flexibility index (Phi) is 12.3. The summed E-state index contributed by atoms with van der Waals surface area (Å²) in [5.74, 6) is -1.90. The molecule has 5 aromatic rings. The minimum absolute atomic E-state index is 0.000309. The van der Waals surface area contributed by atoms with Crippen molar-refractivity contribution < 1.29 is 24.7 Å². The van der Waals surface area contributed by atoms with Crippen molar-refractivity contribution in [2.24, 2.45) is 25.6 Å². The first-order valence-electron chi connectivity index (χ1n) is 15.9. The van der Waals surface area contributed by atoms with Crippen molar-refractivity contribution in [2.75, 3.05) is 0 Å². The summed E-state index contributed by atoms with van der Waals surface area (Å²) in [6, 6.07) is 14.6. The van der Waals surface area contributed by atoms with Gasteiger partial charge in [-0.05, 0) is 73.7 Å². The van der Waals surface area contributed by atoms with Gasteiger partial charge in [0.05, 0.1) is 31.4 Å². The summed E-state index contributed by atoms with van der Waals surface area (Å²) >= 11 is 18.4. The minimum Gasteiger partial charge on any atom is -0.480 e. The van der Waals surface area contributed by atoms with Crippen molar-refractivity contribution in [1.29, 1.82) is 0 Å². The lowest BCUT2D eigenvalue weighted by molar-refractivity contribution is -0.383. The first-order chi connectivity index (χ1) is 23.9. The number of nitrogens with two attached hydrogens (primary N) is 2. The molecule has 0 bridgehead atoms. The number of hydrogen-bond donors (Lipinski definition) is 4. The van der Waals surface area contributed by atoms with Gasteiger partial charge in [-0.2, -0.15) is 0 Å². The van der Waals surface area contributed by atoms with Gasteiger partial charge in [-0.1, -0.05) is 71.6 Å². The average molecular weight is 757 g/mol. The molecular weight excluding hydrogens is 717 g/mol. The van der Waals surface area contributed by atoms with Crippen LogP contribution >= 0.6 is 34.8 Å². The topological polar surface area (TPSA) is 180 Å². The van der Waals surface area contributed by atoms with Crippen LogP contribution in [0.15, 0.2) is 60.2 Å². The maximum Gasteiger partial charge on any atom is 0.320 e. The quantitative estimate of drug-likeness (QED) is 0.0948. The number of nitro groups is 1. The molecule has 2 aromatic heterocycles. The standard InChI is InChI=1S/C14H16ClNO2.C13H14ClN3O4.C10H10ClN/c1-7-8(2)13-9(4-3-5-11(13)15)10(7)6-12(16)14(17)18;1-6-7(5-9(15)13(18)19)11-10(17(20)21)4-3-8(14)12(11)16(6)2;1-7-6-8-4-3-5-9(11)10(8)12(7)2/h3-5,8,12H,6,16H2,1-2H3,(H,17,18);3-4,9H,5,15H2,1-2H3,(H,18,19);3-6H,1-2H3. The molecule has 1 aliphatic rings. The van der Waals surface area contributed by atoms with E-state index in [-0.39, 0.29) is 18.0 Å². The molecule has 0 fully saturated rings. The van der Waals surface area contributed by atoms with Crippen molar-refractivity contribution in [3.05, 3.63) is 113 Å². The predicted molar refractivity (Wildman–Crippen MR) is 204 cm³/mol. The summed E-state index contributed by atoms with van der Waals surface area (Å²) in [7, 11) is 3.76. The highest BCUT2D eigenvalue weighted by Crippen LogP contribution is 2.46. The molecule has 0 saturated heterocycles. The molecule has 0 spiro atoms. The number of aliphatic carboxylic acids is 2. The molecule has 3 atom stereocenters. The highest BCUT2D eigenvalue weighted by atomic mass is 35.5. The van der Waals surface area contributed by atoms with Gasteiger partial charge in [0.15, 0.2) is 0 Å². The second kappa shape index (κ2) is 15.9. The maximum atomic E-state index is 11.2. The number of carbonyl (C=O) groups is 2. The molecule has 0 amide bonds. The van der Waals surface area contributed by atoms with Crippen LogP contribution in [0.1, 0.15) is 54.3 Å². The average Bonchev–Trinajstić information content (AvgIpc) is 3.60. The molecule has 51 heavy (non-hydrogen) atoms. The number of hydrogen-bond acceptors (Lipinski definition) is 6. The van der Waals surface area contributed by atoms with Gasteiger partial charge >= 0.3 is 11.9 Å². The molecule has 11 nitrogen and oxygen atoms in total. The summed E-state index contributed by atoms with van der Waals surface area (Å²) in [5.41, 5.74) is 19.5. The summed E-state index contributed by atoms with van der Waals surface area (Å²) in [4.78, 5) is 32.6. The Labute approximate surface area is 310 Å². The van der Waals surface area contributed by atoms with E-state index in [1.807, 2.05) is 44.3 Å². The first-order valence-corrected chi connectivity index (χ1v) is 17.1. The number of nitro benzene ring substituents is 1. The van der Waals surface area contributed by atoms with E-state index >= 15 is 0 Å². The number of carboxylic acids is 2. The number of rotatable bonds is 7. The lowest BCUT2D eigenvalue weighted by Gasteiger charge is -2.10. The van der Waals surface area contributed by atoms with Gasteiger partial charge in [-0.15, -0.1) is 0 Å². The van der Waals surface area contributed by atoms with E-state index in [0.717, 1.165) is 37.8 Å². The highest BCUT2D eigenvalue weighted by molar-refractivity contribution is 6.36. The number of carboxylic acid groups (broad SMARTS) is 2. The molecular formula is C37H40Cl3N5O6. The summed E-state index contributed by atoms with van der Waals surface area (Å²) in [6.45, 7) is 7.94. The molecule has 0 saturated carbocycles. The van der Waals surface area contributed by atoms with Gasteiger partial charge in [0, 0.05) is 54.3 Å². The summed E-state index contributed by atoms with van der Waals surface area (Å²) in [5, 5.41) is 32.6. The number of nitrogens with zero attached hydrogens (tertiary/aromatic N) is 3. The Balaban J connectivity index is 0.000000177. The number of fused-ring (bicyclic) bond motifs is 3. The van der Waals surface area contributed by atoms with E-state index in [0.29, 0.717) is 33.6 Å². The fraction of sp³-hybridized carbons (Fsp3) is 0.297. The second-order valence-electron chi connectivity index (χ2n) is 12.6. The number of benzene rings is 3. The Morgan fingerprint density at radius 1 is 0.863 bits per heavy atom. The zero-order valence-electron chi connectivity index (χ0n) is 29.0. The number of para-hydroxylation sites is 1. The van der Waals surface area contributed by atoms with Gasteiger partial charge in [0.2, 0.25) is 0 Å². The molecule has 3 unspecified atom stereocenters. The van der Waals surface area contributed by atoms with Crippen LogP contribution in [-0.2, 0) is 30.1 Å². The van der Waals surface area contributed by atoms with Crippen LogP contribution in [0.3, 0.4) is 0 Å². The van der Waals surface area contributed by atoms with E-state index in [1.54, 1.807) is 18.5 Å². The molecule has 14 heteroatoms. The number of non-ortho nitro benzene ring substituents is 1. The first kappa shape index (κ1) is 39.4. The predicted octanol–water partition coefficient (Wildman–Crippen LogP) is 8.18. The van der Waals surface area contributed by atoms with E-state index in [9.17, 15) is 19.7 Å². The van der Waals surface area contributed by atoms with Crippen molar-refractivity contribution in [2.45, 2.75) is 58.5 Å². The van der Waals surface area contributed by atoms with Gasteiger partial charge in [-0.25, -0.2) is 0 Å². The van der Waals surface area contributed by atoms with E-state index in [2.05, 4.69) is 30.5 Å². The van der Waals surface area contributed by atoms with Crippen molar-refractivity contribution in [1.82, 2.24) is 9.13 Å². The molecule has 6 rings (SSSR count). The van der Waals surface area contributed by atoms with E-state index in [1.165, 1.54) is 23.2 Å². The molecule has 6 N–H and O–H groups in total. The second-order valence-corrected chi connectivity index (χ2v) is 13.8. The lowest BCUT2D eigenvalue weighted by Crippen LogP contribution is -2.32. The Morgan fingerprint density at radius 3 is 2.02 bits per heavy atom. The third-order valence-corrected chi connectivity index (χ3v) is 10.5. The Bertz CT molecular complexity index is 2210. The van der Waals surface area contributed by atoms with Gasteiger partial charge in [-0.3, -0.25) is 19.7 Å². The van der Waals surface area contributed by atoms with Crippen LogP contribution in [0.25, 0.3) is 27.4 Å². The van der Waals surface area contributed by atoms with E-state index in [4.69, 9.17) is 56.5 Å². The largest absolute Gasteiger partial charge is 0.480 e. The van der Waals surface area contributed by atoms with Crippen molar-refractivity contribution in [3.63, 3.8) is 0 Å². The Hall–Kier alpha value is -4.39. The van der Waals surface area contributed by atoms with Crippen LogP contribution < -0.4 is 11.5 Å². The van der Waals surface area contributed by atoms with Crippen LogP contribution in [0.5, 0.6) is 0 Å². The van der Waals surface area contributed by atoms with Gasteiger partial charge in [0.25, 0.3) is 5.69 Å². The zero-order valence-corrected chi connectivity index (χ0v) is 31.3. The number of aryl methyl sites for hydroxylation is 3. The molecule has 2 heterocycles. The fourth-order valence-corrected chi connectivity index (χ4v) is 7.38. The van der Waals surface area contributed by atoms with Crippen LogP contribution in [0, 0.1) is 24.0 Å². The third kappa shape index (κ3) is 7.93. The zero-order chi connectivity index (χ0) is 38.1. The van der Waals surface area contributed by atoms with Crippen molar-refractivity contribution in [3.8, 4) is 0 Å². The molecule has 270 valence electrons. The Morgan fingerprint density at radius 2 is 1.43 bits per heavy atom. The fourth-order valence-electron chi connectivity index (χ4n) is 6.45. The van der Waals surface area contributed by atoms with Crippen LogP contribution in [0.2, 0.25) is 15.1 Å². The molecule has 0 radical (unpaired) electrons. The number of aromatic nitrogens is 2. The van der Waals surface area contributed by atoms with Crippen LogP contribution in [0.4, 0.5) is 5.69 Å².